The minimum Gasteiger partial charge on any atom is -0.483 e. The van der Waals surface area contributed by atoms with Crippen LogP contribution in [0.1, 0.15) is 47.1 Å². The Bertz CT molecular complexity index is 1420. The minimum absolute atomic E-state index is 0.0537. The van der Waals surface area contributed by atoms with Crippen molar-refractivity contribution in [3.8, 4) is 5.75 Å². The first-order valence-corrected chi connectivity index (χ1v) is 15.9. The highest BCUT2D eigenvalue weighted by molar-refractivity contribution is 7.97. The van der Waals surface area contributed by atoms with Gasteiger partial charge in [-0.25, -0.2) is 0 Å². The molecule has 2 unspecified atom stereocenters. The zero-order valence-electron chi connectivity index (χ0n) is 24.1. The van der Waals surface area contributed by atoms with Crippen molar-refractivity contribution in [3.63, 3.8) is 0 Å². The molecule has 1 N–H and O–H groups in total. The van der Waals surface area contributed by atoms with Crippen molar-refractivity contribution in [2.24, 2.45) is 10.8 Å². The summed E-state index contributed by atoms with van der Waals surface area (Å²) in [7, 11) is -6.16. The maximum atomic E-state index is 14.0. The molecular formula is C31H37F2O6S2+. The normalized spacial score (nSPS) is 20.0. The molecule has 3 aromatic rings. The van der Waals surface area contributed by atoms with Crippen LogP contribution in [-0.2, 0) is 36.3 Å². The quantitative estimate of drug-likeness (QED) is 0.214. The van der Waals surface area contributed by atoms with Crippen LogP contribution in [0.5, 0.6) is 5.75 Å². The van der Waals surface area contributed by atoms with E-state index < -0.39 is 38.2 Å². The van der Waals surface area contributed by atoms with Crippen molar-refractivity contribution in [3.05, 3.63) is 84.4 Å². The van der Waals surface area contributed by atoms with Gasteiger partial charge in [0.15, 0.2) is 26.6 Å². The Hall–Kier alpha value is -2.50. The first kappa shape index (κ1) is 31.4. The van der Waals surface area contributed by atoms with Gasteiger partial charge >= 0.3 is 15.4 Å². The number of hydrogen-bond donors (Lipinski definition) is 1. The van der Waals surface area contributed by atoms with Crippen molar-refractivity contribution in [2.45, 2.75) is 73.4 Å². The van der Waals surface area contributed by atoms with Gasteiger partial charge in [0.2, 0.25) is 0 Å². The second-order valence-electron chi connectivity index (χ2n) is 11.7. The SMILES string of the molecule is CC(Oc1ccc([S+](c2ccccc2)c2ccc(C3(C)OCC(C)(C)C(C)(C)CO3)cc2)cc1)C(F)(F)S(=O)(=O)O. The van der Waals surface area contributed by atoms with E-state index in [0.717, 1.165) is 27.2 Å². The molecule has 41 heavy (non-hydrogen) atoms. The van der Waals surface area contributed by atoms with Crippen molar-refractivity contribution in [2.75, 3.05) is 13.2 Å². The van der Waals surface area contributed by atoms with Gasteiger partial charge in [0.05, 0.1) is 24.1 Å². The van der Waals surface area contributed by atoms with Crippen LogP contribution in [0, 0.1) is 10.8 Å². The van der Waals surface area contributed by atoms with E-state index in [1.54, 1.807) is 12.1 Å². The Balaban J connectivity index is 1.62. The van der Waals surface area contributed by atoms with Gasteiger partial charge in [-0.05, 0) is 85.3 Å². The van der Waals surface area contributed by atoms with E-state index in [2.05, 4.69) is 27.7 Å². The molecule has 0 aliphatic carbocycles. The van der Waals surface area contributed by atoms with Crippen LogP contribution in [0.25, 0.3) is 0 Å². The zero-order chi connectivity index (χ0) is 30.3. The predicted octanol–water partition coefficient (Wildman–Crippen LogP) is 7.30. The van der Waals surface area contributed by atoms with Crippen molar-refractivity contribution in [1.82, 2.24) is 0 Å². The van der Waals surface area contributed by atoms with Crippen LogP contribution in [0.3, 0.4) is 0 Å². The van der Waals surface area contributed by atoms with Gasteiger partial charge in [-0.2, -0.15) is 17.2 Å². The van der Waals surface area contributed by atoms with E-state index in [1.807, 2.05) is 61.5 Å². The summed E-state index contributed by atoms with van der Waals surface area (Å²) in [5.41, 5.74) is 0.768. The third kappa shape index (κ3) is 6.46. The summed E-state index contributed by atoms with van der Waals surface area (Å²) in [6.45, 7) is 12.7. The van der Waals surface area contributed by atoms with Crippen LogP contribution in [0.2, 0.25) is 0 Å². The summed E-state index contributed by atoms with van der Waals surface area (Å²) in [6.07, 6.45) is -2.09. The largest absolute Gasteiger partial charge is 0.483 e. The molecule has 3 aromatic carbocycles. The standard InChI is InChI=1S/C31H36F2O6S2/c1-22(31(32,33)41(34,35)36)39-24-14-18-27(19-15-24)40(25-10-8-7-9-11-25)26-16-12-23(13-17-26)30(6)37-20-28(2,3)29(4,5)21-38-30/h7-19,22H,20-21H2,1-6H3/p+1. The summed E-state index contributed by atoms with van der Waals surface area (Å²) in [4.78, 5) is 2.98. The fourth-order valence-corrected chi connectivity index (χ4v) is 6.76. The second-order valence-corrected chi connectivity index (χ2v) is 15.2. The molecule has 1 saturated heterocycles. The Labute approximate surface area is 244 Å². The smallest absolute Gasteiger partial charge is 0.405 e. The maximum absolute atomic E-state index is 14.0. The van der Waals surface area contributed by atoms with Gasteiger partial charge in [0, 0.05) is 5.56 Å². The Kier molecular flexibility index (Phi) is 8.66. The van der Waals surface area contributed by atoms with Gasteiger partial charge in [-0.15, -0.1) is 0 Å². The average molecular weight is 608 g/mol. The van der Waals surface area contributed by atoms with Crippen molar-refractivity contribution < 1.29 is 36.0 Å². The van der Waals surface area contributed by atoms with Gasteiger partial charge in [-0.3, -0.25) is 4.55 Å². The molecule has 1 aliphatic rings. The Morgan fingerprint density at radius 2 is 1.24 bits per heavy atom. The second kappa shape index (κ2) is 11.3. The number of rotatable bonds is 8. The van der Waals surface area contributed by atoms with Crippen LogP contribution in [0.4, 0.5) is 8.78 Å². The third-order valence-corrected chi connectivity index (χ3v) is 11.3. The fraction of sp³-hybridized carbons (Fsp3) is 0.419. The third-order valence-electron chi connectivity index (χ3n) is 8.03. The summed E-state index contributed by atoms with van der Waals surface area (Å²) in [5, 5.41) is -4.45. The molecule has 0 radical (unpaired) electrons. The number of benzene rings is 3. The molecule has 10 heteroatoms. The fourth-order valence-electron chi connectivity index (χ4n) is 4.23. The summed E-state index contributed by atoms with van der Waals surface area (Å²) in [5.74, 6) is -0.840. The molecule has 2 atom stereocenters. The number of halogens is 2. The van der Waals surface area contributed by atoms with E-state index in [1.165, 1.54) is 12.1 Å². The van der Waals surface area contributed by atoms with Crippen LogP contribution < -0.4 is 4.74 Å². The van der Waals surface area contributed by atoms with E-state index >= 15 is 0 Å². The predicted molar refractivity (Wildman–Crippen MR) is 155 cm³/mol. The summed E-state index contributed by atoms with van der Waals surface area (Å²) in [6, 6.07) is 24.6. The molecule has 0 bridgehead atoms. The topological polar surface area (TPSA) is 82.1 Å². The molecule has 0 spiro atoms. The van der Waals surface area contributed by atoms with Gasteiger partial charge in [-0.1, -0.05) is 45.9 Å². The average Bonchev–Trinajstić information content (AvgIpc) is 3.00. The van der Waals surface area contributed by atoms with Crippen LogP contribution in [-0.4, -0.2) is 37.5 Å². The molecular weight excluding hydrogens is 570 g/mol. The van der Waals surface area contributed by atoms with Gasteiger partial charge in [0.25, 0.3) is 0 Å². The van der Waals surface area contributed by atoms with E-state index in [-0.39, 0.29) is 16.6 Å². The molecule has 4 rings (SSSR count). The van der Waals surface area contributed by atoms with Crippen LogP contribution >= 0.6 is 0 Å². The molecule has 6 nitrogen and oxygen atoms in total. The molecule has 0 aromatic heterocycles. The van der Waals surface area contributed by atoms with Crippen LogP contribution in [0.15, 0.2) is 93.5 Å². The van der Waals surface area contributed by atoms with E-state index in [4.69, 9.17) is 18.8 Å². The number of hydrogen-bond acceptors (Lipinski definition) is 5. The Morgan fingerprint density at radius 1 is 0.805 bits per heavy atom. The molecule has 1 aliphatic heterocycles. The Morgan fingerprint density at radius 3 is 1.71 bits per heavy atom. The highest BCUT2D eigenvalue weighted by atomic mass is 32.2. The lowest BCUT2D eigenvalue weighted by atomic mass is 9.69. The first-order valence-electron chi connectivity index (χ1n) is 13.3. The van der Waals surface area contributed by atoms with Crippen molar-refractivity contribution in [1.29, 1.82) is 0 Å². The maximum Gasteiger partial charge on any atom is 0.405 e. The van der Waals surface area contributed by atoms with E-state index in [9.17, 15) is 17.2 Å². The number of alkyl halides is 2. The molecule has 1 heterocycles. The molecule has 0 saturated carbocycles. The van der Waals surface area contributed by atoms with E-state index in [0.29, 0.717) is 13.2 Å². The lowest BCUT2D eigenvalue weighted by Gasteiger charge is -2.38. The first-order chi connectivity index (χ1) is 19.0. The number of ether oxygens (including phenoxy) is 3. The molecule has 0 amide bonds. The van der Waals surface area contributed by atoms with Crippen molar-refractivity contribution >= 4 is 21.0 Å². The van der Waals surface area contributed by atoms with Gasteiger partial charge < -0.3 is 14.2 Å². The minimum atomic E-state index is -5.62. The summed E-state index contributed by atoms with van der Waals surface area (Å²) >= 11 is 0. The molecule has 222 valence electrons. The molecule has 1 fully saturated rings. The summed E-state index contributed by atoms with van der Waals surface area (Å²) < 4.78 is 76.8. The monoisotopic (exact) mass is 607 g/mol. The lowest BCUT2D eigenvalue weighted by Crippen LogP contribution is -2.42. The zero-order valence-corrected chi connectivity index (χ0v) is 25.7. The highest BCUT2D eigenvalue weighted by Gasteiger charge is 2.51. The lowest BCUT2D eigenvalue weighted by molar-refractivity contribution is -0.227. The van der Waals surface area contributed by atoms with Gasteiger partial charge in [0.1, 0.15) is 5.75 Å². The highest BCUT2D eigenvalue weighted by Crippen LogP contribution is 2.45.